The fourth-order valence-corrected chi connectivity index (χ4v) is 9.41. The summed E-state index contributed by atoms with van der Waals surface area (Å²) in [7, 11) is 0. The van der Waals surface area contributed by atoms with Crippen LogP contribution in [-0.2, 0) is 11.2 Å². The average molecular weight is 775 g/mol. The van der Waals surface area contributed by atoms with Crippen LogP contribution >= 0.6 is 0 Å². The first-order valence-electron chi connectivity index (χ1n) is 20.8. The predicted molar refractivity (Wildman–Crippen MR) is 247 cm³/mol. The molecule has 2 atom stereocenters. The van der Waals surface area contributed by atoms with Gasteiger partial charge in [0.1, 0.15) is 11.5 Å². The van der Waals surface area contributed by atoms with Crippen molar-refractivity contribution < 1.29 is 9.47 Å². The van der Waals surface area contributed by atoms with Crippen LogP contribution in [0.15, 0.2) is 206 Å². The van der Waals surface area contributed by atoms with Gasteiger partial charge in [-0.2, -0.15) is 0 Å². The molecular formula is C58H46O2. The Bertz CT molecular complexity index is 2700. The normalized spacial score (nSPS) is 18.3. The van der Waals surface area contributed by atoms with Crippen LogP contribution in [0.25, 0.3) is 22.3 Å². The topological polar surface area (TPSA) is 18.5 Å². The van der Waals surface area contributed by atoms with E-state index in [4.69, 9.17) is 9.47 Å². The second kappa shape index (κ2) is 14.9. The van der Waals surface area contributed by atoms with E-state index in [-0.39, 0.29) is 0 Å². The Labute approximate surface area is 353 Å². The molecule has 0 saturated carbocycles. The number of fused-ring (bicyclic) bond motifs is 2. The van der Waals surface area contributed by atoms with E-state index in [1.807, 2.05) is 0 Å². The number of hydrogen-bond donors (Lipinski definition) is 0. The summed E-state index contributed by atoms with van der Waals surface area (Å²) in [4.78, 5) is 0. The summed E-state index contributed by atoms with van der Waals surface area (Å²) in [5.41, 5.74) is 14.5. The average Bonchev–Trinajstić information content (AvgIpc) is 3.29. The minimum atomic E-state index is -1.36. The zero-order chi connectivity index (χ0) is 40.8. The van der Waals surface area contributed by atoms with E-state index < -0.39 is 11.2 Å². The van der Waals surface area contributed by atoms with Gasteiger partial charge in [-0.05, 0) is 62.1 Å². The van der Waals surface area contributed by atoms with Crippen LogP contribution in [0, 0.1) is 27.7 Å². The van der Waals surface area contributed by atoms with E-state index in [0.717, 1.165) is 89.4 Å². The van der Waals surface area contributed by atoms with Gasteiger partial charge in [0, 0.05) is 44.5 Å². The molecule has 2 aliphatic heterocycles. The van der Waals surface area contributed by atoms with Crippen LogP contribution in [0.3, 0.4) is 0 Å². The Morgan fingerprint density at radius 2 is 0.583 bits per heavy atom. The van der Waals surface area contributed by atoms with Crippen molar-refractivity contribution >= 4 is 22.3 Å². The maximum absolute atomic E-state index is 8.17. The molecule has 2 heteroatoms. The van der Waals surface area contributed by atoms with Gasteiger partial charge >= 0.3 is 0 Å². The SMILES string of the molecule is Cc1ccc(C2=C(c3ccccc3)C(c3ccc(C)cc3)(C3(c4ccc(C)cc4)Oc4ccccc4C(c4ccc(C)cc4)=C3c3ccccc3)Oc3ccccc32)cc1. The molecule has 0 aliphatic carbocycles. The number of aryl methyl sites for hydroxylation is 4. The molecule has 0 radical (unpaired) electrons. The first kappa shape index (κ1) is 37.1. The minimum absolute atomic E-state index is 0.784. The van der Waals surface area contributed by atoms with Gasteiger partial charge in [0.2, 0.25) is 11.2 Å². The Morgan fingerprint density at radius 1 is 0.283 bits per heavy atom. The molecule has 0 N–H and O–H groups in total. The van der Waals surface area contributed by atoms with Crippen molar-refractivity contribution in [2.75, 3.05) is 0 Å². The summed E-state index contributed by atoms with van der Waals surface area (Å²) < 4.78 is 16.3. The summed E-state index contributed by atoms with van der Waals surface area (Å²) in [6.45, 7) is 8.59. The summed E-state index contributed by atoms with van der Waals surface area (Å²) in [6, 6.07) is 74.5. The molecule has 0 fully saturated rings. The van der Waals surface area contributed by atoms with Crippen molar-refractivity contribution in [2.24, 2.45) is 0 Å². The minimum Gasteiger partial charge on any atom is -0.472 e. The molecule has 0 amide bonds. The van der Waals surface area contributed by atoms with E-state index in [1.54, 1.807) is 0 Å². The highest BCUT2D eigenvalue weighted by Crippen LogP contribution is 2.67. The highest BCUT2D eigenvalue weighted by atomic mass is 16.6. The smallest absolute Gasteiger partial charge is 0.208 e. The Hall–Kier alpha value is -7.16. The van der Waals surface area contributed by atoms with E-state index >= 15 is 0 Å². The summed E-state index contributed by atoms with van der Waals surface area (Å²) in [5, 5.41) is 0. The van der Waals surface area contributed by atoms with Crippen LogP contribution in [-0.4, -0.2) is 0 Å². The second-order valence-electron chi connectivity index (χ2n) is 16.3. The number of ether oxygens (including phenoxy) is 2. The van der Waals surface area contributed by atoms with E-state index in [0.29, 0.717) is 0 Å². The standard InChI is InChI=1S/C58H46O2/c1-39-23-31-43(32-24-39)53-49-19-11-13-21-51(49)59-57(47-35-27-41(3)28-36-47,55(53)45-15-7-5-8-16-45)58(48-37-29-42(4)30-38-48)56(46-17-9-6-10-18-46)54(44-33-25-40(2)26-34-44)50-20-12-14-22-52(50)60-58/h5-38H,1-4H3. The lowest BCUT2D eigenvalue weighted by Gasteiger charge is -2.56. The van der Waals surface area contributed by atoms with E-state index in [1.165, 1.54) is 11.1 Å². The van der Waals surface area contributed by atoms with E-state index in [2.05, 4.69) is 234 Å². The molecule has 2 unspecified atom stereocenters. The van der Waals surface area contributed by atoms with Crippen molar-refractivity contribution in [1.82, 2.24) is 0 Å². The highest BCUT2D eigenvalue weighted by Gasteiger charge is 2.67. The molecule has 0 spiro atoms. The molecule has 2 nitrogen and oxygen atoms in total. The molecule has 290 valence electrons. The number of benzene rings is 8. The third kappa shape index (κ3) is 5.94. The number of rotatable bonds is 7. The number of hydrogen-bond acceptors (Lipinski definition) is 2. The van der Waals surface area contributed by atoms with Crippen LogP contribution in [0.2, 0.25) is 0 Å². The summed E-state index contributed by atoms with van der Waals surface area (Å²) in [6.07, 6.45) is 0. The number of para-hydroxylation sites is 2. The van der Waals surface area contributed by atoms with Crippen molar-refractivity contribution in [3.63, 3.8) is 0 Å². The Kier molecular flexibility index (Phi) is 9.22. The van der Waals surface area contributed by atoms with Gasteiger partial charge in [-0.25, -0.2) is 0 Å². The highest BCUT2D eigenvalue weighted by molar-refractivity contribution is 6.10. The maximum Gasteiger partial charge on any atom is 0.208 e. The third-order valence-corrected chi connectivity index (χ3v) is 12.3. The molecule has 2 heterocycles. The van der Waals surface area contributed by atoms with Crippen LogP contribution in [0.4, 0.5) is 0 Å². The zero-order valence-electron chi connectivity index (χ0n) is 34.4. The van der Waals surface area contributed by atoms with Crippen LogP contribution < -0.4 is 9.47 Å². The van der Waals surface area contributed by atoms with Gasteiger partial charge in [0.15, 0.2) is 0 Å². The first-order chi connectivity index (χ1) is 29.4. The largest absolute Gasteiger partial charge is 0.472 e. The van der Waals surface area contributed by atoms with Gasteiger partial charge < -0.3 is 9.47 Å². The first-order valence-corrected chi connectivity index (χ1v) is 20.8. The van der Waals surface area contributed by atoms with Gasteiger partial charge in [-0.15, -0.1) is 0 Å². The van der Waals surface area contributed by atoms with Crippen LogP contribution in [0.5, 0.6) is 11.5 Å². The lowest BCUT2D eigenvalue weighted by atomic mass is 9.58. The summed E-state index contributed by atoms with van der Waals surface area (Å²) >= 11 is 0. The van der Waals surface area contributed by atoms with E-state index in [9.17, 15) is 0 Å². The molecule has 2 aliphatic rings. The van der Waals surface area contributed by atoms with Crippen molar-refractivity contribution in [2.45, 2.75) is 38.9 Å². The van der Waals surface area contributed by atoms with Crippen LogP contribution in [0.1, 0.15) is 66.8 Å². The van der Waals surface area contributed by atoms with Gasteiger partial charge in [0.05, 0.1) is 0 Å². The molecule has 0 aromatic heterocycles. The molecule has 60 heavy (non-hydrogen) atoms. The van der Waals surface area contributed by atoms with Crippen molar-refractivity contribution in [3.05, 3.63) is 273 Å². The predicted octanol–water partition coefficient (Wildman–Crippen LogP) is 14.1. The molecule has 0 saturated heterocycles. The lowest BCUT2D eigenvalue weighted by Crippen LogP contribution is -2.60. The molecule has 0 bridgehead atoms. The lowest BCUT2D eigenvalue weighted by molar-refractivity contribution is -0.0550. The summed E-state index contributed by atoms with van der Waals surface area (Å²) in [5.74, 6) is 1.57. The zero-order valence-corrected chi connectivity index (χ0v) is 34.4. The quantitative estimate of drug-likeness (QED) is 0.161. The Morgan fingerprint density at radius 3 is 0.933 bits per heavy atom. The fourth-order valence-electron chi connectivity index (χ4n) is 9.41. The third-order valence-electron chi connectivity index (χ3n) is 12.3. The molecule has 8 aromatic carbocycles. The molecule has 10 rings (SSSR count). The van der Waals surface area contributed by atoms with Crippen molar-refractivity contribution in [3.8, 4) is 11.5 Å². The molecular weight excluding hydrogens is 729 g/mol. The maximum atomic E-state index is 8.17. The monoisotopic (exact) mass is 774 g/mol. The van der Waals surface area contributed by atoms with Crippen molar-refractivity contribution in [1.29, 1.82) is 0 Å². The molecule has 8 aromatic rings. The Balaban J connectivity index is 1.51. The fraction of sp³-hybridized carbons (Fsp3) is 0.103. The van der Waals surface area contributed by atoms with Gasteiger partial charge in [-0.1, -0.05) is 216 Å². The van der Waals surface area contributed by atoms with Gasteiger partial charge in [0.25, 0.3) is 0 Å². The second-order valence-corrected chi connectivity index (χ2v) is 16.3. The van der Waals surface area contributed by atoms with Gasteiger partial charge in [-0.3, -0.25) is 0 Å².